The van der Waals surface area contributed by atoms with Crippen molar-refractivity contribution in [2.24, 2.45) is 0 Å². The largest absolute Gasteiger partial charge is 0.507 e. The van der Waals surface area contributed by atoms with Crippen LogP contribution in [0.3, 0.4) is 0 Å². The first kappa shape index (κ1) is 17.9. The maximum Gasteiger partial charge on any atom is 0.131 e. The third-order valence-electron chi connectivity index (χ3n) is 4.97. The maximum atomic E-state index is 11.1. The van der Waals surface area contributed by atoms with Gasteiger partial charge in [-0.1, -0.05) is 60.7 Å². The molecule has 0 aliphatic carbocycles. The van der Waals surface area contributed by atoms with Crippen molar-refractivity contribution in [1.29, 1.82) is 0 Å². The van der Waals surface area contributed by atoms with Crippen LogP contribution in [0.1, 0.15) is 11.1 Å². The predicted molar refractivity (Wildman–Crippen MR) is 116 cm³/mol. The second-order valence-electron chi connectivity index (χ2n) is 7.15. The lowest BCUT2D eigenvalue weighted by Gasteiger charge is -2.16. The number of benzene rings is 4. The molecule has 4 rings (SSSR count). The molecule has 0 heterocycles. The molecule has 0 fully saturated rings. The van der Waals surface area contributed by atoms with Gasteiger partial charge in [-0.15, -0.1) is 0 Å². The summed E-state index contributed by atoms with van der Waals surface area (Å²) in [5.41, 5.74) is 6.73. The van der Waals surface area contributed by atoms with Crippen LogP contribution in [0.15, 0.2) is 84.9 Å². The molecule has 0 radical (unpaired) electrons. The minimum atomic E-state index is 0.178. The number of rotatable bonds is 3. The minimum Gasteiger partial charge on any atom is -0.507 e. The number of hydrogen-bond acceptors (Lipinski definition) is 2. The summed E-state index contributed by atoms with van der Waals surface area (Å²) in [6.07, 6.45) is 0. The van der Waals surface area contributed by atoms with Crippen LogP contribution < -0.4 is 0 Å². The summed E-state index contributed by atoms with van der Waals surface area (Å²) in [5.74, 6) is 0.355. The predicted octanol–water partition coefficient (Wildman–Crippen LogP) is 6.72. The molecule has 0 bridgehead atoms. The van der Waals surface area contributed by atoms with E-state index in [1.54, 1.807) is 0 Å². The van der Waals surface area contributed by atoms with Crippen molar-refractivity contribution in [2.75, 3.05) is 0 Å². The van der Waals surface area contributed by atoms with Gasteiger partial charge in [-0.2, -0.15) is 0 Å². The van der Waals surface area contributed by atoms with E-state index in [9.17, 15) is 10.2 Å². The van der Waals surface area contributed by atoms with Crippen LogP contribution in [0.25, 0.3) is 33.4 Å². The first-order chi connectivity index (χ1) is 13.5. The van der Waals surface area contributed by atoms with Crippen LogP contribution in [0.2, 0.25) is 0 Å². The van der Waals surface area contributed by atoms with Crippen molar-refractivity contribution in [3.05, 3.63) is 96.1 Å². The van der Waals surface area contributed by atoms with Crippen molar-refractivity contribution >= 4 is 0 Å². The van der Waals surface area contributed by atoms with E-state index < -0.39 is 0 Å². The van der Waals surface area contributed by atoms with Crippen molar-refractivity contribution in [3.8, 4) is 44.9 Å². The van der Waals surface area contributed by atoms with E-state index >= 15 is 0 Å². The number of hydrogen-bond donors (Lipinski definition) is 2. The highest BCUT2D eigenvalue weighted by molar-refractivity contribution is 5.89. The quantitative estimate of drug-likeness (QED) is 0.423. The highest BCUT2D eigenvalue weighted by atomic mass is 16.3. The molecule has 0 spiro atoms. The zero-order valence-electron chi connectivity index (χ0n) is 16.0. The number of aromatic hydroxyl groups is 2. The topological polar surface area (TPSA) is 40.5 Å². The molecule has 4 aromatic rings. The SMILES string of the molecule is Cc1cc(-c2ccccc2)c(O)c(-c2cc(C)cc(-c3ccccc3)c2O)c1. The fraction of sp³-hybridized carbons (Fsp3) is 0.0769. The number of phenols is 2. The first-order valence-electron chi connectivity index (χ1n) is 9.33. The van der Waals surface area contributed by atoms with Crippen LogP contribution in [-0.2, 0) is 0 Å². The molecule has 0 aliphatic heterocycles. The van der Waals surface area contributed by atoms with Gasteiger partial charge in [-0.05, 0) is 60.4 Å². The lowest BCUT2D eigenvalue weighted by molar-refractivity contribution is 0.471. The molecule has 0 aromatic heterocycles. The molecule has 28 heavy (non-hydrogen) atoms. The Bertz CT molecular complexity index is 1040. The summed E-state index contributed by atoms with van der Waals surface area (Å²) in [4.78, 5) is 0. The Hall–Kier alpha value is -3.52. The van der Waals surface area contributed by atoms with E-state index in [1.807, 2.05) is 98.8 Å². The Balaban J connectivity index is 1.96. The molecule has 138 valence electrons. The summed E-state index contributed by atoms with van der Waals surface area (Å²) in [6, 6.07) is 27.4. The van der Waals surface area contributed by atoms with Crippen LogP contribution in [0.4, 0.5) is 0 Å². The average Bonchev–Trinajstić information content (AvgIpc) is 2.72. The van der Waals surface area contributed by atoms with Crippen LogP contribution >= 0.6 is 0 Å². The van der Waals surface area contributed by atoms with Gasteiger partial charge in [0, 0.05) is 22.3 Å². The van der Waals surface area contributed by atoms with Crippen LogP contribution in [-0.4, -0.2) is 10.2 Å². The van der Waals surface area contributed by atoms with Gasteiger partial charge in [0.15, 0.2) is 0 Å². The molecule has 0 unspecified atom stereocenters. The third kappa shape index (κ3) is 3.25. The Labute approximate surface area is 165 Å². The van der Waals surface area contributed by atoms with Gasteiger partial charge >= 0.3 is 0 Å². The number of phenolic OH excluding ortho intramolecular Hbond substituents is 2. The maximum absolute atomic E-state index is 11.1. The third-order valence-corrected chi connectivity index (χ3v) is 4.97. The standard InChI is InChI=1S/C26H22O2/c1-17-13-21(19-9-5-3-6-10-19)25(27)23(15-17)24-16-18(2)14-22(26(24)28)20-11-7-4-8-12-20/h3-16,27-28H,1-2H3. The Kier molecular flexibility index (Phi) is 4.62. The lowest BCUT2D eigenvalue weighted by atomic mass is 9.91. The highest BCUT2D eigenvalue weighted by Crippen LogP contribution is 2.45. The number of aryl methyl sites for hydroxylation is 2. The summed E-state index contributed by atoms with van der Waals surface area (Å²) >= 11 is 0. The molecule has 0 amide bonds. The van der Waals surface area contributed by atoms with Crippen molar-refractivity contribution in [2.45, 2.75) is 13.8 Å². The lowest BCUT2D eigenvalue weighted by Crippen LogP contribution is -1.90. The Morgan fingerprint density at radius 3 is 1.14 bits per heavy atom. The molecule has 0 saturated heterocycles. The summed E-state index contributed by atoms with van der Waals surface area (Å²) < 4.78 is 0. The van der Waals surface area contributed by atoms with Gasteiger partial charge in [0.25, 0.3) is 0 Å². The highest BCUT2D eigenvalue weighted by Gasteiger charge is 2.18. The zero-order valence-corrected chi connectivity index (χ0v) is 16.0. The van der Waals surface area contributed by atoms with Gasteiger partial charge < -0.3 is 10.2 Å². The summed E-state index contributed by atoms with van der Waals surface area (Å²) in [7, 11) is 0. The normalized spacial score (nSPS) is 10.8. The summed E-state index contributed by atoms with van der Waals surface area (Å²) in [6.45, 7) is 4.00. The van der Waals surface area contributed by atoms with Crippen molar-refractivity contribution in [1.82, 2.24) is 0 Å². The van der Waals surface area contributed by atoms with Crippen LogP contribution in [0.5, 0.6) is 11.5 Å². The molecule has 2 heteroatoms. The van der Waals surface area contributed by atoms with Gasteiger partial charge in [0.1, 0.15) is 11.5 Å². The fourth-order valence-electron chi connectivity index (χ4n) is 3.64. The van der Waals surface area contributed by atoms with Gasteiger partial charge in [-0.25, -0.2) is 0 Å². The monoisotopic (exact) mass is 366 g/mol. The molecular weight excluding hydrogens is 344 g/mol. The second kappa shape index (κ2) is 7.24. The Morgan fingerprint density at radius 2 is 0.786 bits per heavy atom. The van der Waals surface area contributed by atoms with E-state index in [2.05, 4.69) is 0 Å². The minimum absolute atomic E-state index is 0.178. The van der Waals surface area contributed by atoms with Crippen molar-refractivity contribution < 1.29 is 10.2 Å². The molecule has 4 aromatic carbocycles. The Morgan fingerprint density at radius 1 is 0.464 bits per heavy atom. The van der Waals surface area contributed by atoms with Gasteiger partial charge in [0.2, 0.25) is 0 Å². The van der Waals surface area contributed by atoms with E-state index in [-0.39, 0.29) is 11.5 Å². The van der Waals surface area contributed by atoms with Gasteiger partial charge in [0.05, 0.1) is 0 Å². The molecule has 0 aliphatic rings. The molecule has 0 atom stereocenters. The fourth-order valence-corrected chi connectivity index (χ4v) is 3.64. The van der Waals surface area contributed by atoms with E-state index in [1.165, 1.54) is 0 Å². The van der Waals surface area contributed by atoms with E-state index in [0.29, 0.717) is 11.1 Å². The average molecular weight is 366 g/mol. The van der Waals surface area contributed by atoms with Crippen LogP contribution in [0, 0.1) is 13.8 Å². The molecule has 2 N–H and O–H groups in total. The smallest absolute Gasteiger partial charge is 0.131 e. The summed E-state index contributed by atoms with van der Waals surface area (Å²) in [5, 5.41) is 22.2. The van der Waals surface area contributed by atoms with Gasteiger partial charge in [-0.3, -0.25) is 0 Å². The second-order valence-corrected chi connectivity index (χ2v) is 7.15. The zero-order chi connectivity index (χ0) is 19.7. The van der Waals surface area contributed by atoms with Crippen molar-refractivity contribution in [3.63, 3.8) is 0 Å². The molecule has 2 nitrogen and oxygen atoms in total. The van der Waals surface area contributed by atoms with E-state index in [0.717, 1.165) is 33.4 Å². The molecule has 0 saturated carbocycles. The van der Waals surface area contributed by atoms with E-state index in [4.69, 9.17) is 0 Å². The molecular formula is C26H22O2. The first-order valence-corrected chi connectivity index (χ1v) is 9.33.